The Morgan fingerprint density at radius 1 is 1.37 bits per heavy atom. The Morgan fingerprint density at radius 3 is 2.84 bits per heavy atom. The molecule has 3 unspecified atom stereocenters. The summed E-state index contributed by atoms with van der Waals surface area (Å²) in [5.41, 5.74) is 6.43. The van der Waals surface area contributed by atoms with Crippen LogP contribution in [0, 0.1) is 17.6 Å². The number of hydrogen-bond donors (Lipinski definition) is 1. The van der Waals surface area contributed by atoms with Crippen LogP contribution >= 0.6 is 11.8 Å². The molecule has 1 aromatic carbocycles. The van der Waals surface area contributed by atoms with Crippen molar-refractivity contribution in [3.63, 3.8) is 0 Å². The number of hydrogen-bond acceptors (Lipinski definition) is 2. The van der Waals surface area contributed by atoms with Crippen LogP contribution in [0.3, 0.4) is 0 Å². The fraction of sp³-hybridized carbons (Fsp3) is 0.600. The second kappa shape index (κ2) is 6.71. The van der Waals surface area contributed by atoms with E-state index in [2.05, 4.69) is 6.92 Å². The van der Waals surface area contributed by atoms with Gasteiger partial charge in [0.1, 0.15) is 11.6 Å². The Balaban J connectivity index is 1.88. The molecule has 0 heterocycles. The molecule has 2 N–H and O–H groups in total. The first-order valence-corrected chi connectivity index (χ1v) is 7.93. The highest BCUT2D eigenvalue weighted by Gasteiger charge is 2.21. The van der Waals surface area contributed by atoms with Crippen molar-refractivity contribution in [3.05, 3.63) is 35.4 Å². The van der Waals surface area contributed by atoms with E-state index in [1.807, 2.05) is 11.8 Å². The van der Waals surface area contributed by atoms with Crippen molar-refractivity contribution in [2.24, 2.45) is 11.7 Å². The summed E-state index contributed by atoms with van der Waals surface area (Å²) in [4.78, 5) is 0. The Bertz CT molecular complexity index is 425. The Hall–Kier alpha value is -0.610. The molecule has 1 nitrogen and oxygen atoms in total. The summed E-state index contributed by atoms with van der Waals surface area (Å²) in [7, 11) is 0. The number of nitrogens with two attached hydrogens (primary N) is 1. The average molecular weight is 285 g/mol. The predicted octanol–water partition coefficient (Wildman–Crippen LogP) is 4.28. The molecule has 0 saturated heterocycles. The van der Waals surface area contributed by atoms with E-state index in [-0.39, 0.29) is 6.04 Å². The van der Waals surface area contributed by atoms with Crippen molar-refractivity contribution in [2.75, 3.05) is 5.75 Å². The molecule has 0 amide bonds. The van der Waals surface area contributed by atoms with Gasteiger partial charge in [0.2, 0.25) is 0 Å². The molecule has 0 spiro atoms. The number of rotatable bonds is 4. The monoisotopic (exact) mass is 285 g/mol. The van der Waals surface area contributed by atoms with Gasteiger partial charge in [-0.15, -0.1) is 0 Å². The Morgan fingerprint density at radius 2 is 2.16 bits per heavy atom. The van der Waals surface area contributed by atoms with Crippen LogP contribution in [0.25, 0.3) is 0 Å². The average Bonchev–Trinajstić information content (AvgIpc) is 2.36. The molecule has 0 bridgehead atoms. The lowest BCUT2D eigenvalue weighted by atomic mass is 9.91. The van der Waals surface area contributed by atoms with Crippen molar-refractivity contribution in [3.8, 4) is 0 Å². The van der Waals surface area contributed by atoms with Crippen molar-refractivity contribution in [1.82, 2.24) is 0 Å². The Labute approximate surface area is 118 Å². The van der Waals surface area contributed by atoms with Gasteiger partial charge in [-0.2, -0.15) is 11.8 Å². The zero-order valence-corrected chi connectivity index (χ0v) is 12.1. The van der Waals surface area contributed by atoms with E-state index in [1.54, 1.807) is 0 Å². The van der Waals surface area contributed by atoms with Gasteiger partial charge in [-0.25, -0.2) is 8.78 Å². The maximum absolute atomic E-state index is 13.6. The fourth-order valence-electron chi connectivity index (χ4n) is 2.66. The van der Waals surface area contributed by atoms with Gasteiger partial charge < -0.3 is 5.73 Å². The quantitative estimate of drug-likeness (QED) is 0.893. The summed E-state index contributed by atoms with van der Waals surface area (Å²) >= 11 is 1.83. The summed E-state index contributed by atoms with van der Waals surface area (Å²) < 4.78 is 26.4. The number of thioether (sulfide) groups is 1. The molecule has 0 radical (unpaired) electrons. The van der Waals surface area contributed by atoms with E-state index in [0.717, 1.165) is 12.0 Å². The Kier molecular flexibility index (Phi) is 5.22. The number of benzene rings is 1. The number of halogens is 2. The van der Waals surface area contributed by atoms with Crippen LogP contribution in [0.15, 0.2) is 18.2 Å². The van der Waals surface area contributed by atoms with Gasteiger partial charge in [-0.1, -0.05) is 25.8 Å². The first-order valence-electron chi connectivity index (χ1n) is 6.88. The zero-order chi connectivity index (χ0) is 13.8. The summed E-state index contributed by atoms with van der Waals surface area (Å²) in [6.07, 6.45) is 5.05. The first kappa shape index (κ1) is 14.8. The van der Waals surface area contributed by atoms with Crippen molar-refractivity contribution in [1.29, 1.82) is 0 Å². The van der Waals surface area contributed by atoms with E-state index >= 15 is 0 Å². The minimum Gasteiger partial charge on any atom is -0.323 e. The van der Waals surface area contributed by atoms with E-state index in [4.69, 9.17) is 5.73 Å². The third-order valence-electron chi connectivity index (χ3n) is 3.76. The summed E-state index contributed by atoms with van der Waals surface area (Å²) in [6, 6.07) is 3.27. The summed E-state index contributed by atoms with van der Waals surface area (Å²) in [5, 5.41) is 0.637. The molecule has 1 aliphatic rings. The molecule has 1 aliphatic carbocycles. The van der Waals surface area contributed by atoms with Crippen molar-refractivity contribution in [2.45, 2.75) is 43.9 Å². The normalized spacial score (nSPS) is 25.3. The van der Waals surface area contributed by atoms with Crippen LogP contribution in [0.2, 0.25) is 0 Å². The minimum atomic E-state index is -0.554. The minimum absolute atomic E-state index is 0.358. The highest BCUT2D eigenvalue weighted by molar-refractivity contribution is 7.99. The van der Waals surface area contributed by atoms with Gasteiger partial charge in [-0.05, 0) is 24.8 Å². The van der Waals surface area contributed by atoms with Crippen LogP contribution in [0.4, 0.5) is 8.78 Å². The molecule has 1 fully saturated rings. The van der Waals surface area contributed by atoms with Crippen LogP contribution in [0.5, 0.6) is 0 Å². The lowest BCUT2D eigenvalue weighted by Gasteiger charge is -2.27. The standard InChI is InChI=1S/C15H21F2NS/c1-10-3-2-4-12(7-10)19-9-15(18)13-6-5-11(16)8-14(13)17/h5-6,8,10,12,15H,2-4,7,9,18H2,1H3. The van der Waals surface area contributed by atoms with Crippen molar-refractivity contribution < 1.29 is 8.78 Å². The van der Waals surface area contributed by atoms with Gasteiger partial charge in [0.15, 0.2) is 0 Å². The second-order valence-electron chi connectivity index (χ2n) is 5.50. The maximum atomic E-state index is 13.6. The second-order valence-corrected chi connectivity index (χ2v) is 6.83. The first-order chi connectivity index (χ1) is 9.06. The smallest absolute Gasteiger partial charge is 0.130 e. The van der Waals surface area contributed by atoms with Crippen molar-refractivity contribution >= 4 is 11.8 Å². The molecule has 2 rings (SSSR count). The van der Waals surface area contributed by atoms with E-state index in [1.165, 1.54) is 37.8 Å². The fourth-order valence-corrected chi connectivity index (χ4v) is 4.12. The lowest BCUT2D eigenvalue weighted by molar-refractivity contribution is 0.394. The third kappa shape index (κ3) is 4.18. The van der Waals surface area contributed by atoms with Gasteiger partial charge >= 0.3 is 0 Å². The largest absolute Gasteiger partial charge is 0.323 e. The molecular formula is C15H21F2NS. The highest BCUT2D eigenvalue weighted by Crippen LogP contribution is 2.33. The van der Waals surface area contributed by atoms with Gasteiger partial charge in [0.05, 0.1) is 0 Å². The van der Waals surface area contributed by atoms with Gasteiger partial charge in [0.25, 0.3) is 0 Å². The maximum Gasteiger partial charge on any atom is 0.130 e. The van der Waals surface area contributed by atoms with Crippen LogP contribution in [-0.4, -0.2) is 11.0 Å². The molecule has 1 aromatic rings. The lowest BCUT2D eigenvalue weighted by Crippen LogP contribution is -2.20. The molecule has 19 heavy (non-hydrogen) atoms. The molecule has 0 aromatic heterocycles. The molecule has 0 aliphatic heterocycles. The molecule has 3 atom stereocenters. The zero-order valence-electron chi connectivity index (χ0n) is 11.2. The van der Waals surface area contributed by atoms with Crippen LogP contribution in [0.1, 0.15) is 44.2 Å². The van der Waals surface area contributed by atoms with Crippen LogP contribution < -0.4 is 5.73 Å². The van der Waals surface area contributed by atoms with Crippen LogP contribution in [-0.2, 0) is 0 Å². The SMILES string of the molecule is CC1CCCC(SCC(N)c2ccc(F)cc2F)C1. The van der Waals surface area contributed by atoms with Gasteiger partial charge in [0, 0.05) is 28.7 Å². The molecular weight excluding hydrogens is 264 g/mol. The van der Waals surface area contributed by atoms with Gasteiger partial charge in [-0.3, -0.25) is 0 Å². The topological polar surface area (TPSA) is 26.0 Å². The van der Waals surface area contributed by atoms with E-state index in [9.17, 15) is 8.78 Å². The molecule has 106 valence electrons. The predicted molar refractivity (Wildman–Crippen MR) is 77.2 cm³/mol. The molecule has 4 heteroatoms. The highest BCUT2D eigenvalue weighted by atomic mass is 32.2. The summed E-state index contributed by atoms with van der Waals surface area (Å²) in [5.74, 6) is 0.386. The van der Waals surface area contributed by atoms with E-state index in [0.29, 0.717) is 16.6 Å². The third-order valence-corrected chi connectivity index (χ3v) is 5.21. The summed E-state index contributed by atoms with van der Waals surface area (Å²) in [6.45, 7) is 2.28. The molecule has 1 saturated carbocycles. The van der Waals surface area contributed by atoms with E-state index < -0.39 is 11.6 Å².